The molecular formula is C19H24N4O3. The summed E-state index contributed by atoms with van der Waals surface area (Å²) in [6.45, 7) is 7.06. The molecule has 2 aromatic rings. The van der Waals surface area contributed by atoms with Gasteiger partial charge in [-0.15, -0.1) is 0 Å². The van der Waals surface area contributed by atoms with Crippen LogP contribution in [-0.4, -0.2) is 51.3 Å². The zero-order chi connectivity index (χ0) is 18.8. The lowest BCUT2D eigenvalue weighted by atomic mass is 10.1. The van der Waals surface area contributed by atoms with Crippen LogP contribution in [0.4, 0.5) is 5.69 Å². The molecule has 26 heavy (non-hydrogen) atoms. The summed E-state index contributed by atoms with van der Waals surface area (Å²) < 4.78 is 1.82. The minimum Gasteiger partial charge on any atom is -0.481 e. The average molecular weight is 356 g/mol. The molecule has 0 bridgehead atoms. The van der Waals surface area contributed by atoms with Crippen molar-refractivity contribution in [2.75, 3.05) is 25.0 Å². The number of carboxylic acid groups (broad SMARTS) is 1. The van der Waals surface area contributed by atoms with Gasteiger partial charge in [-0.1, -0.05) is 17.7 Å². The molecule has 138 valence electrons. The van der Waals surface area contributed by atoms with E-state index >= 15 is 0 Å². The van der Waals surface area contributed by atoms with Crippen LogP contribution in [0, 0.1) is 26.7 Å². The third kappa shape index (κ3) is 3.77. The van der Waals surface area contributed by atoms with Crippen molar-refractivity contribution in [2.45, 2.75) is 27.2 Å². The van der Waals surface area contributed by atoms with Crippen molar-refractivity contribution in [3.8, 4) is 5.69 Å². The molecule has 7 nitrogen and oxygen atoms in total. The van der Waals surface area contributed by atoms with Crippen molar-refractivity contribution < 1.29 is 14.7 Å². The maximum atomic E-state index is 12.4. The smallest absolute Gasteiger partial charge is 0.307 e. The Morgan fingerprint density at radius 1 is 1.23 bits per heavy atom. The number of nitrogens with one attached hydrogen (secondary N) is 1. The van der Waals surface area contributed by atoms with Gasteiger partial charge in [0.05, 0.1) is 35.2 Å². The molecule has 3 rings (SSSR count). The highest BCUT2D eigenvalue weighted by molar-refractivity contribution is 5.93. The first-order valence-corrected chi connectivity index (χ1v) is 8.73. The number of nitrogens with zero attached hydrogens (tertiary/aromatic N) is 3. The van der Waals surface area contributed by atoms with E-state index in [1.54, 1.807) is 0 Å². The molecule has 1 saturated heterocycles. The number of aryl methyl sites for hydroxylation is 2. The predicted octanol–water partition coefficient (Wildman–Crippen LogP) is 2.14. The van der Waals surface area contributed by atoms with Crippen molar-refractivity contribution in [1.29, 1.82) is 0 Å². The van der Waals surface area contributed by atoms with Crippen molar-refractivity contribution in [1.82, 2.24) is 14.7 Å². The number of carbonyl (C=O) groups is 2. The fourth-order valence-electron chi connectivity index (χ4n) is 3.32. The van der Waals surface area contributed by atoms with Crippen LogP contribution in [0.15, 0.2) is 24.3 Å². The van der Waals surface area contributed by atoms with E-state index in [1.165, 1.54) is 5.56 Å². The number of aromatic nitrogens is 2. The molecule has 0 radical (unpaired) electrons. The number of hydrogen-bond acceptors (Lipinski definition) is 4. The van der Waals surface area contributed by atoms with Gasteiger partial charge in [-0.25, -0.2) is 4.68 Å². The lowest BCUT2D eigenvalue weighted by molar-refractivity contribution is -0.141. The summed E-state index contributed by atoms with van der Waals surface area (Å²) in [5.41, 5.74) is 4.45. The number of hydrogen-bond donors (Lipinski definition) is 2. The Morgan fingerprint density at radius 3 is 2.54 bits per heavy atom. The molecule has 0 spiro atoms. The number of carboxylic acids is 1. The Hall–Kier alpha value is -2.67. The van der Waals surface area contributed by atoms with E-state index in [4.69, 9.17) is 5.11 Å². The number of amides is 1. The van der Waals surface area contributed by atoms with Gasteiger partial charge in [-0.3, -0.25) is 14.5 Å². The van der Waals surface area contributed by atoms with Gasteiger partial charge >= 0.3 is 5.97 Å². The largest absolute Gasteiger partial charge is 0.481 e. The summed E-state index contributed by atoms with van der Waals surface area (Å²) in [6, 6.07) is 8.04. The number of rotatable bonds is 5. The zero-order valence-electron chi connectivity index (χ0n) is 15.3. The molecular weight excluding hydrogens is 332 g/mol. The maximum Gasteiger partial charge on any atom is 0.307 e. The molecule has 1 amide bonds. The second-order valence-corrected chi connectivity index (χ2v) is 6.90. The minimum absolute atomic E-state index is 0.148. The molecule has 0 saturated carbocycles. The number of carbonyl (C=O) groups excluding carboxylic acids is 1. The lowest BCUT2D eigenvalue weighted by Crippen LogP contribution is -2.32. The highest BCUT2D eigenvalue weighted by Crippen LogP contribution is 2.23. The molecule has 7 heteroatoms. The van der Waals surface area contributed by atoms with E-state index in [2.05, 4.69) is 10.4 Å². The Balaban J connectivity index is 1.69. The number of aliphatic carboxylic acids is 1. The van der Waals surface area contributed by atoms with Crippen LogP contribution in [0.25, 0.3) is 5.69 Å². The van der Waals surface area contributed by atoms with Gasteiger partial charge in [-0.2, -0.15) is 5.10 Å². The third-order valence-corrected chi connectivity index (χ3v) is 4.82. The summed E-state index contributed by atoms with van der Waals surface area (Å²) in [5, 5.41) is 16.5. The molecule has 0 aliphatic carbocycles. The van der Waals surface area contributed by atoms with Crippen molar-refractivity contribution in [3.63, 3.8) is 0 Å². The normalized spacial score (nSPS) is 17.4. The van der Waals surface area contributed by atoms with Crippen LogP contribution < -0.4 is 5.32 Å². The van der Waals surface area contributed by atoms with Gasteiger partial charge in [0.2, 0.25) is 5.91 Å². The van der Waals surface area contributed by atoms with Gasteiger partial charge in [0.1, 0.15) is 0 Å². The highest BCUT2D eigenvalue weighted by atomic mass is 16.4. The molecule has 1 aromatic carbocycles. The van der Waals surface area contributed by atoms with Crippen LogP contribution >= 0.6 is 0 Å². The zero-order valence-corrected chi connectivity index (χ0v) is 15.3. The number of likely N-dealkylation sites (tertiary alicyclic amines) is 1. The molecule has 1 atom stereocenters. The molecule has 1 unspecified atom stereocenters. The molecule has 2 heterocycles. The SMILES string of the molecule is Cc1ccc(-n2nc(C)c(NC(=O)CN3CCC(C(=O)O)C3)c2C)cc1. The Bertz CT molecular complexity index is 826. The van der Waals surface area contributed by atoms with Crippen LogP contribution in [0.2, 0.25) is 0 Å². The third-order valence-electron chi connectivity index (χ3n) is 4.82. The Morgan fingerprint density at radius 2 is 1.92 bits per heavy atom. The van der Waals surface area contributed by atoms with Crippen LogP contribution in [0.5, 0.6) is 0 Å². The molecule has 1 aliphatic heterocycles. The number of benzene rings is 1. The van der Waals surface area contributed by atoms with Gasteiger partial charge in [-0.05, 0) is 45.9 Å². The van der Waals surface area contributed by atoms with Crippen molar-refractivity contribution in [2.24, 2.45) is 5.92 Å². The summed E-state index contributed by atoms with van der Waals surface area (Å²) in [7, 11) is 0. The quantitative estimate of drug-likeness (QED) is 0.857. The fourth-order valence-corrected chi connectivity index (χ4v) is 3.32. The van der Waals surface area contributed by atoms with E-state index in [-0.39, 0.29) is 18.4 Å². The first kappa shape index (κ1) is 18.1. The van der Waals surface area contributed by atoms with Gasteiger partial charge in [0.25, 0.3) is 0 Å². The Kier molecular flexibility index (Phi) is 5.08. The monoisotopic (exact) mass is 356 g/mol. The molecule has 2 N–H and O–H groups in total. The van der Waals surface area contributed by atoms with E-state index in [9.17, 15) is 9.59 Å². The highest BCUT2D eigenvalue weighted by Gasteiger charge is 2.29. The molecule has 1 fully saturated rings. The summed E-state index contributed by atoms with van der Waals surface area (Å²) in [4.78, 5) is 25.3. The van der Waals surface area contributed by atoms with Crippen molar-refractivity contribution >= 4 is 17.6 Å². The van der Waals surface area contributed by atoms with Crippen LogP contribution in [0.3, 0.4) is 0 Å². The summed E-state index contributed by atoms with van der Waals surface area (Å²) in [6.07, 6.45) is 0.589. The second-order valence-electron chi connectivity index (χ2n) is 6.90. The first-order valence-electron chi connectivity index (χ1n) is 8.73. The van der Waals surface area contributed by atoms with Crippen LogP contribution in [-0.2, 0) is 9.59 Å². The summed E-state index contributed by atoms with van der Waals surface area (Å²) >= 11 is 0. The van der Waals surface area contributed by atoms with Crippen molar-refractivity contribution in [3.05, 3.63) is 41.2 Å². The van der Waals surface area contributed by atoms with E-state index in [0.717, 1.165) is 17.1 Å². The second kappa shape index (κ2) is 7.29. The first-order chi connectivity index (χ1) is 12.3. The van der Waals surface area contributed by atoms with Crippen LogP contribution in [0.1, 0.15) is 23.4 Å². The molecule has 1 aliphatic rings. The Labute approximate surface area is 152 Å². The van der Waals surface area contributed by atoms with Gasteiger partial charge in [0.15, 0.2) is 0 Å². The van der Waals surface area contributed by atoms with E-state index < -0.39 is 5.97 Å². The van der Waals surface area contributed by atoms with E-state index in [1.807, 2.05) is 54.6 Å². The average Bonchev–Trinajstić information content (AvgIpc) is 3.16. The van der Waals surface area contributed by atoms with Gasteiger partial charge in [0, 0.05) is 6.54 Å². The fraction of sp³-hybridized carbons (Fsp3) is 0.421. The lowest BCUT2D eigenvalue weighted by Gasteiger charge is -2.15. The predicted molar refractivity (Wildman–Crippen MR) is 98.6 cm³/mol. The minimum atomic E-state index is -0.793. The maximum absolute atomic E-state index is 12.4. The number of anilines is 1. The van der Waals surface area contributed by atoms with Gasteiger partial charge < -0.3 is 10.4 Å². The topological polar surface area (TPSA) is 87.5 Å². The van der Waals surface area contributed by atoms with E-state index in [0.29, 0.717) is 25.2 Å². The standard InChI is InChI=1S/C19H24N4O3/c1-12-4-6-16(7-5-12)23-14(3)18(13(2)21-23)20-17(24)11-22-9-8-15(10-22)19(25)26/h4-7,15H,8-11H2,1-3H3,(H,20,24)(H,25,26). The summed E-state index contributed by atoms with van der Waals surface area (Å²) in [5.74, 6) is -1.32. The molecule has 1 aromatic heterocycles.